The highest BCUT2D eigenvalue weighted by Gasteiger charge is 2.39. The van der Waals surface area contributed by atoms with Gasteiger partial charge < -0.3 is 15.4 Å². The number of allylic oxidation sites excluding steroid dienone is 2. The van der Waals surface area contributed by atoms with E-state index in [-0.39, 0.29) is 24.7 Å². The van der Waals surface area contributed by atoms with Gasteiger partial charge in [-0.05, 0) is 37.8 Å². The van der Waals surface area contributed by atoms with Gasteiger partial charge in [-0.1, -0.05) is 0 Å². The van der Waals surface area contributed by atoms with Crippen molar-refractivity contribution >= 4 is 35.5 Å². The molecule has 2 aromatic rings. The number of thioether (sulfide) groups is 1. The van der Waals surface area contributed by atoms with Crippen molar-refractivity contribution in [1.29, 1.82) is 0 Å². The minimum absolute atomic E-state index is 0.0277. The number of carbonyl (C=O) groups is 1. The van der Waals surface area contributed by atoms with Crippen LogP contribution in [0.15, 0.2) is 51.2 Å². The minimum Gasteiger partial charge on any atom is -0.483 e. The van der Waals surface area contributed by atoms with Crippen molar-refractivity contribution in [2.24, 2.45) is 15.8 Å². The van der Waals surface area contributed by atoms with Gasteiger partial charge in [-0.25, -0.2) is 33.0 Å². The zero-order valence-electron chi connectivity index (χ0n) is 19.9. The topological polar surface area (TPSA) is 96.4 Å². The smallest absolute Gasteiger partial charge is 0.341 e. The fourth-order valence-corrected chi connectivity index (χ4v) is 4.68. The molecular formula is C24H25F3N6O2S. The molecule has 1 atom stereocenters. The van der Waals surface area contributed by atoms with Crippen molar-refractivity contribution in [2.75, 3.05) is 19.3 Å². The monoisotopic (exact) mass is 518 g/mol. The summed E-state index contributed by atoms with van der Waals surface area (Å²) in [4.78, 5) is 23.6. The number of likely N-dealkylation sites (tertiary alicyclic amines) is 1. The molecule has 8 nitrogen and oxygen atoms in total. The second-order valence-corrected chi connectivity index (χ2v) is 9.23. The normalized spacial score (nSPS) is 18.8. The Morgan fingerprint density at radius 3 is 2.50 bits per heavy atom. The van der Waals surface area contributed by atoms with Crippen LogP contribution in [0.4, 0.5) is 23.8 Å². The van der Waals surface area contributed by atoms with E-state index in [2.05, 4.69) is 15.1 Å². The van der Waals surface area contributed by atoms with Crippen LogP contribution < -0.4 is 10.5 Å². The number of urea groups is 1. The Labute approximate surface area is 210 Å². The van der Waals surface area contributed by atoms with Gasteiger partial charge >= 0.3 is 6.03 Å². The number of aromatic nitrogens is 1. The Kier molecular flexibility index (Phi) is 7.53. The number of ether oxygens (including phenoxy) is 1. The highest BCUT2D eigenvalue weighted by molar-refractivity contribution is 8.03. The molecule has 2 amide bonds. The first-order valence-electron chi connectivity index (χ1n) is 11.1. The summed E-state index contributed by atoms with van der Waals surface area (Å²) >= 11 is 1.45. The summed E-state index contributed by atoms with van der Waals surface area (Å²) in [6.45, 7) is 3.95. The van der Waals surface area contributed by atoms with Crippen molar-refractivity contribution in [1.82, 2.24) is 14.9 Å². The summed E-state index contributed by atoms with van der Waals surface area (Å²) in [6.07, 6.45) is 4.33. The Morgan fingerprint density at radius 1 is 1.17 bits per heavy atom. The number of carbonyl (C=O) groups excluding carboxylic acids is 1. The van der Waals surface area contributed by atoms with E-state index in [1.165, 1.54) is 46.1 Å². The van der Waals surface area contributed by atoms with E-state index in [4.69, 9.17) is 10.5 Å². The van der Waals surface area contributed by atoms with Crippen molar-refractivity contribution in [3.05, 3.63) is 64.1 Å². The second-order valence-electron chi connectivity index (χ2n) is 8.41. The van der Waals surface area contributed by atoms with Crippen LogP contribution in [0.5, 0.6) is 5.75 Å². The fraction of sp³-hybridized carbons (Fsp3) is 0.333. The molecule has 36 heavy (non-hydrogen) atoms. The molecule has 1 saturated heterocycles. The molecular weight excluding hydrogens is 493 g/mol. The molecule has 3 heterocycles. The maximum atomic E-state index is 14.3. The van der Waals surface area contributed by atoms with Crippen molar-refractivity contribution in [3.63, 3.8) is 0 Å². The van der Waals surface area contributed by atoms with E-state index in [1.54, 1.807) is 13.8 Å². The molecule has 0 aliphatic carbocycles. The number of hydrazone groups is 1. The van der Waals surface area contributed by atoms with Crippen LogP contribution in [0.1, 0.15) is 31.9 Å². The van der Waals surface area contributed by atoms with Crippen molar-refractivity contribution < 1.29 is 22.7 Å². The molecule has 4 rings (SSSR count). The fourth-order valence-electron chi connectivity index (χ4n) is 4.01. The molecule has 0 saturated carbocycles. The van der Waals surface area contributed by atoms with Crippen LogP contribution in [0.2, 0.25) is 0 Å². The van der Waals surface area contributed by atoms with Gasteiger partial charge in [0, 0.05) is 35.4 Å². The number of hydrogen-bond donors (Lipinski definition) is 1. The summed E-state index contributed by atoms with van der Waals surface area (Å²) in [6, 6.07) is 3.50. The molecule has 1 aromatic heterocycles. The van der Waals surface area contributed by atoms with Crippen LogP contribution in [-0.2, 0) is 0 Å². The predicted octanol–water partition coefficient (Wildman–Crippen LogP) is 4.76. The molecule has 0 radical (unpaired) electrons. The van der Waals surface area contributed by atoms with Gasteiger partial charge in [0.05, 0.1) is 31.0 Å². The third-order valence-corrected chi connectivity index (χ3v) is 6.71. The molecule has 2 aliphatic heterocycles. The van der Waals surface area contributed by atoms with Gasteiger partial charge in [-0.15, -0.1) is 11.8 Å². The van der Waals surface area contributed by atoms with Crippen LogP contribution >= 0.6 is 11.8 Å². The van der Waals surface area contributed by atoms with Gasteiger partial charge in [0.25, 0.3) is 0 Å². The summed E-state index contributed by atoms with van der Waals surface area (Å²) in [7, 11) is 0. The molecule has 190 valence electrons. The number of aliphatic imine (C=N–C) groups is 1. The lowest BCUT2D eigenvalue weighted by molar-refractivity contribution is 0.0256. The van der Waals surface area contributed by atoms with Crippen LogP contribution in [0, 0.1) is 17.5 Å². The van der Waals surface area contributed by atoms with Crippen molar-refractivity contribution in [2.45, 2.75) is 32.4 Å². The number of nitrogens with zero attached hydrogens (tertiary/aromatic N) is 5. The first-order chi connectivity index (χ1) is 17.2. The third kappa shape index (κ3) is 5.48. The zero-order chi connectivity index (χ0) is 26.0. The Bertz CT molecular complexity index is 1240. The van der Waals surface area contributed by atoms with E-state index in [0.29, 0.717) is 23.4 Å². The summed E-state index contributed by atoms with van der Waals surface area (Å²) < 4.78 is 47.4. The highest BCUT2D eigenvalue weighted by atomic mass is 32.2. The quantitative estimate of drug-likeness (QED) is 0.557. The summed E-state index contributed by atoms with van der Waals surface area (Å²) in [5.41, 5.74) is 7.46. The van der Waals surface area contributed by atoms with E-state index in [9.17, 15) is 18.0 Å². The van der Waals surface area contributed by atoms with Gasteiger partial charge in [0.1, 0.15) is 17.7 Å². The lowest BCUT2D eigenvalue weighted by Gasteiger charge is -2.41. The first-order valence-corrected chi connectivity index (χ1v) is 12.3. The largest absolute Gasteiger partial charge is 0.483 e. The molecule has 2 N–H and O–H groups in total. The standard InChI is InChI=1S/C24H25F3N6O2S/c1-13(28)23(36-3)14(2)31-22-9-21(19(27)10-29-22)35-18-11-32(12-18)24(34)33-20(4-5-30-33)15-6-16(25)8-17(26)7-15/h5-10,18,20H,4,11-12,28H2,1-3H3/t20-/m0/s1. The number of nitrogens with two attached hydrogens (primary N) is 1. The number of benzene rings is 1. The maximum Gasteiger partial charge on any atom is 0.341 e. The first kappa shape index (κ1) is 25.5. The van der Waals surface area contributed by atoms with Gasteiger partial charge in [-0.2, -0.15) is 5.10 Å². The highest BCUT2D eigenvalue weighted by Crippen LogP contribution is 2.32. The molecule has 1 aromatic carbocycles. The summed E-state index contributed by atoms with van der Waals surface area (Å²) in [5, 5.41) is 5.28. The number of hydrogen-bond acceptors (Lipinski definition) is 7. The number of halogens is 3. The van der Waals surface area contributed by atoms with E-state index in [1.807, 2.05) is 6.26 Å². The summed E-state index contributed by atoms with van der Waals surface area (Å²) in [5.74, 6) is -1.86. The van der Waals surface area contributed by atoms with E-state index < -0.39 is 35.6 Å². The zero-order valence-corrected chi connectivity index (χ0v) is 20.7. The van der Waals surface area contributed by atoms with Crippen LogP contribution in [0.25, 0.3) is 0 Å². The lowest BCUT2D eigenvalue weighted by atomic mass is 10.0. The minimum atomic E-state index is -0.723. The molecule has 1 fully saturated rings. The SMILES string of the molecule is CSC(C(C)=Nc1cc(OC2CN(C(=O)N3N=CC[C@H]3c3cc(F)cc(F)c3)C2)c(F)cn1)=C(C)N. The molecule has 0 unspecified atom stereocenters. The number of rotatable bonds is 6. The van der Waals surface area contributed by atoms with Gasteiger partial charge in [-0.3, -0.25) is 0 Å². The maximum absolute atomic E-state index is 14.3. The van der Waals surface area contributed by atoms with E-state index >= 15 is 0 Å². The predicted molar refractivity (Wildman–Crippen MR) is 133 cm³/mol. The average Bonchev–Trinajstić information content (AvgIpc) is 3.27. The van der Waals surface area contributed by atoms with Crippen LogP contribution in [0.3, 0.4) is 0 Å². The van der Waals surface area contributed by atoms with Crippen LogP contribution in [-0.4, -0.2) is 58.3 Å². The number of pyridine rings is 1. The third-order valence-electron chi connectivity index (χ3n) is 5.69. The second kappa shape index (κ2) is 10.6. The van der Waals surface area contributed by atoms with Gasteiger partial charge in [0.2, 0.25) is 0 Å². The Morgan fingerprint density at radius 2 is 1.86 bits per heavy atom. The Hall–Kier alpha value is -3.54. The van der Waals surface area contributed by atoms with Gasteiger partial charge in [0.15, 0.2) is 17.4 Å². The average molecular weight is 519 g/mol. The lowest BCUT2D eigenvalue weighted by Crippen LogP contribution is -2.58. The van der Waals surface area contributed by atoms with Crippen molar-refractivity contribution in [3.8, 4) is 5.75 Å². The Balaban J connectivity index is 1.40. The molecule has 0 spiro atoms. The van der Waals surface area contributed by atoms with E-state index in [0.717, 1.165) is 17.2 Å². The number of amides is 2. The molecule has 0 bridgehead atoms. The molecule has 12 heteroatoms. The molecule has 2 aliphatic rings.